The van der Waals surface area contributed by atoms with E-state index >= 15 is 0 Å². The zero-order valence-corrected chi connectivity index (χ0v) is 15.2. The van der Waals surface area contributed by atoms with Crippen molar-refractivity contribution < 1.29 is 0 Å². The molecule has 0 bridgehead atoms. The van der Waals surface area contributed by atoms with Crippen molar-refractivity contribution in [1.82, 2.24) is 0 Å². The molecular weight excluding hydrogens is 284 g/mol. The molecule has 0 aliphatic rings. The summed E-state index contributed by atoms with van der Waals surface area (Å²) in [6.45, 7) is 11.8. The van der Waals surface area contributed by atoms with Gasteiger partial charge < -0.3 is 0 Å². The molecule has 0 saturated carbocycles. The summed E-state index contributed by atoms with van der Waals surface area (Å²) in [7, 11) is 0. The van der Waals surface area contributed by atoms with E-state index in [1.807, 2.05) is 11.3 Å². The highest BCUT2D eigenvalue weighted by molar-refractivity contribution is 7.25. The number of aryl methyl sites for hydroxylation is 1. The third-order valence-electron chi connectivity index (χ3n) is 5.29. The minimum atomic E-state index is 0.210. The summed E-state index contributed by atoms with van der Waals surface area (Å²) in [5.41, 5.74) is 3.33. The van der Waals surface area contributed by atoms with Crippen molar-refractivity contribution in [2.45, 2.75) is 52.9 Å². The molecule has 0 amide bonds. The number of fused-ring (bicyclic) bond motifs is 3. The van der Waals surface area contributed by atoms with E-state index in [1.54, 1.807) is 11.1 Å². The molecule has 0 aliphatic heterocycles. The molecule has 0 saturated heterocycles. The molecule has 1 heterocycles. The van der Waals surface area contributed by atoms with E-state index in [4.69, 9.17) is 0 Å². The minimum Gasteiger partial charge on any atom is -0.135 e. The number of rotatable bonds is 4. The average Bonchev–Trinajstić information content (AvgIpc) is 2.86. The summed E-state index contributed by atoms with van der Waals surface area (Å²) in [6.07, 6.45) is 2.37. The normalized spacial score (nSPS) is 12.6. The van der Waals surface area contributed by atoms with Crippen LogP contribution >= 0.6 is 11.3 Å². The van der Waals surface area contributed by atoms with Crippen molar-refractivity contribution in [3.63, 3.8) is 0 Å². The van der Waals surface area contributed by atoms with Gasteiger partial charge in [-0.3, -0.25) is 0 Å². The van der Waals surface area contributed by atoms with Gasteiger partial charge in [0.15, 0.2) is 0 Å². The molecule has 0 atom stereocenters. The van der Waals surface area contributed by atoms with Gasteiger partial charge >= 0.3 is 0 Å². The second-order valence-electron chi connectivity index (χ2n) is 7.19. The summed E-state index contributed by atoms with van der Waals surface area (Å²) in [5.74, 6) is 0.630. The Kier molecular flexibility index (Phi) is 4.03. The highest BCUT2D eigenvalue weighted by atomic mass is 32.1. The molecule has 0 nitrogen and oxygen atoms in total. The fraction of sp³-hybridized carbons (Fsp3) is 0.429. The largest absolute Gasteiger partial charge is 0.135 e. The van der Waals surface area contributed by atoms with Crippen LogP contribution in [0.15, 0.2) is 36.4 Å². The van der Waals surface area contributed by atoms with Gasteiger partial charge in [0.1, 0.15) is 0 Å². The second-order valence-corrected chi connectivity index (χ2v) is 8.27. The summed E-state index contributed by atoms with van der Waals surface area (Å²) >= 11 is 1.93. The van der Waals surface area contributed by atoms with Gasteiger partial charge in [-0.05, 0) is 41.0 Å². The van der Waals surface area contributed by atoms with Gasteiger partial charge in [0, 0.05) is 20.2 Å². The van der Waals surface area contributed by atoms with Crippen molar-refractivity contribution in [1.29, 1.82) is 0 Å². The number of hydrogen-bond donors (Lipinski definition) is 0. The van der Waals surface area contributed by atoms with Crippen LogP contribution in [0.1, 0.15) is 52.2 Å². The summed E-state index contributed by atoms with van der Waals surface area (Å²) < 4.78 is 2.85. The van der Waals surface area contributed by atoms with Gasteiger partial charge in [-0.1, -0.05) is 65.3 Å². The smallest absolute Gasteiger partial charge is 0.0358 e. The Morgan fingerprint density at radius 3 is 2.41 bits per heavy atom. The van der Waals surface area contributed by atoms with Crippen LogP contribution in [-0.2, 0) is 11.8 Å². The standard InChI is InChI=1S/C21H26S/c1-6-9-15-17(21(4,5)14(2)3)12-13-19-20(15)16-10-7-8-11-18(16)22-19/h7-8,10-14H,6,9H2,1-5H3. The Balaban J connectivity index is 2.39. The molecule has 22 heavy (non-hydrogen) atoms. The molecule has 0 N–H and O–H groups in total. The van der Waals surface area contributed by atoms with E-state index in [0.717, 1.165) is 0 Å². The zero-order valence-electron chi connectivity index (χ0n) is 14.4. The number of thiophene rings is 1. The van der Waals surface area contributed by atoms with E-state index in [9.17, 15) is 0 Å². The monoisotopic (exact) mass is 310 g/mol. The lowest BCUT2D eigenvalue weighted by atomic mass is 9.72. The van der Waals surface area contributed by atoms with Crippen LogP contribution in [0.5, 0.6) is 0 Å². The first-order valence-electron chi connectivity index (χ1n) is 8.40. The maximum absolute atomic E-state index is 2.40. The molecule has 3 rings (SSSR count). The van der Waals surface area contributed by atoms with Crippen molar-refractivity contribution in [3.8, 4) is 0 Å². The van der Waals surface area contributed by atoms with Gasteiger partial charge in [-0.25, -0.2) is 0 Å². The lowest BCUT2D eigenvalue weighted by Crippen LogP contribution is -2.26. The summed E-state index contributed by atoms with van der Waals surface area (Å²) in [5, 5.41) is 2.95. The minimum absolute atomic E-state index is 0.210. The van der Waals surface area contributed by atoms with Crippen molar-refractivity contribution in [3.05, 3.63) is 47.5 Å². The highest BCUT2D eigenvalue weighted by Crippen LogP contribution is 2.42. The Morgan fingerprint density at radius 1 is 1.00 bits per heavy atom. The van der Waals surface area contributed by atoms with Crippen molar-refractivity contribution in [2.24, 2.45) is 5.92 Å². The Bertz CT molecular complexity index is 805. The molecule has 0 fully saturated rings. The lowest BCUT2D eigenvalue weighted by molar-refractivity contribution is 0.370. The second kappa shape index (κ2) is 5.70. The first kappa shape index (κ1) is 15.6. The van der Waals surface area contributed by atoms with E-state index in [2.05, 4.69) is 71.0 Å². The van der Waals surface area contributed by atoms with Crippen LogP contribution in [0, 0.1) is 5.92 Å². The molecule has 0 spiro atoms. The number of benzene rings is 2. The molecule has 0 aliphatic carbocycles. The highest BCUT2D eigenvalue weighted by Gasteiger charge is 2.28. The van der Waals surface area contributed by atoms with E-state index in [-0.39, 0.29) is 5.41 Å². The molecule has 1 heteroatoms. The molecular formula is C21H26S. The molecule has 0 radical (unpaired) electrons. The Morgan fingerprint density at radius 2 is 1.73 bits per heavy atom. The van der Waals surface area contributed by atoms with Crippen LogP contribution in [0.3, 0.4) is 0 Å². The quantitative estimate of drug-likeness (QED) is 0.489. The van der Waals surface area contributed by atoms with E-state index in [0.29, 0.717) is 5.92 Å². The van der Waals surface area contributed by atoms with Crippen LogP contribution in [0.4, 0.5) is 0 Å². The van der Waals surface area contributed by atoms with Gasteiger partial charge in [-0.2, -0.15) is 0 Å². The summed E-state index contributed by atoms with van der Waals surface area (Å²) in [6, 6.07) is 13.6. The summed E-state index contributed by atoms with van der Waals surface area (Å²) in [4.78, 5) is 0. The Labute approximate surface area is 138 Å². The Hall–Kier alpha value is -1.34. The molecule has 3 aromatic rings. The topological polar surface area (TPSA) is 0 Å². The molecule has 2 aromatic carbocycles. The maximum atomic E-state index is 2.40. The van der Waals surface area contributed by atoms with Crippen molar-refractivity contribution >= 4 is 31.5 Å². The average molecular weight is 311 g/mol. The lowest BCUT2D eigenvalue weighted by Gasteiger charge is -2.32. The van der Waals surface area contributed by atoms with Crippen LogP contribution in [-0.4, -0.2) is 0 Å². The molecule has 0 unspecified atom stereocenters. The fourth-order valence-electron chi connectivity index (χ4n) is 3.31. The third-order valence-corrected chi connectivity index (χ3v) is 6.42. The van der Waals surface area contributed by atoms with Crippen LogP contribution in [0.2, 0.25) is 0 Å². The number of hydrogen-bond acceptors (Lipinski definition) is 1. The first-order valence-corrected chi connectivity index (χ1v) is 9.22. The maximum Gasteiger partial charge on any atom is 0.0358 e. The van der Waals surface area contributed by atoms with E-state index in [1.165, 1.54) is 33.0 Å². The van der Waals surface area contributed by atoms with Crippen LogP contribution in [0.25, 0.3) is 20.2 Å². The zero-order chi connectivity index (χ0) is 15.9. The van der Waals surface area contributed by atoms with Crippen LogP contribution < -0.4 is 0 Å². The third kappa shape index (κ3) is 2.36. The fourth-order valence-corrected chi connectivity index (χ4v) is 4.45. The van der Waals surface area contributed by atoms with Gasteiger partial charge in [-0.15, -0.1) is 11.3 Å². The van der Waals surface area contributed by atoms with Crippen molar-refractivity contribution in [2.75, 3.05) is 0 Å². The SMILES string of the molecule is CCCc1c(C(C)(C)C(C)C)ccc2sc3ccccc3c12. The predicted octanol–water partition coefficient (Wildman–Crippen LogP) is 6.94. The molecule has 1 aromatic heterocycles. The first-order chi connectivity index (χ1) is 10.5. The van der Waals surface area contributed by atoms with Gasteiger partial charge in [0.25, 0.3) is 0 Å². The van der Waals surface area contributed by atoms with Gasteiger partial charge in [0.05, 0.1) is 0 Å². The van der Waals surface area contributed by atoms with E-state index < -0.39 is 0 Å². The predicted molar refractivity (Wildman–Crippen MR) is 101 cm³/mol. The molecule has 116 valence electrons. The van der Waals surface area contributed by atoms with Gasteiger partial charge in [0.2, 0.25) is 0 Å².